The molecule has 6 nitrogen and oxygen atoms in total. The Morgan fingerprint density at radius 2 is 2.04 bits per heavy atom. The molecule has 1 aromatic heterocycles. The number of aliphatic carboxylic acids is 1. The molecule has 2 aromatic rings. The van der Waals surface area contributed by atoms with Gasteiger partial charge >= 0.3 is 5.97 Å². The van der Waals surface area contributed by atoms with Crippen molar-refractivity contribution in [2.24, 2.45) is 0 Å². The molecule has 130 valence electrons. The number of carboxylic acids is 1. The van der Waals surface area contributed by atoms with Crippen LogP contribution in [0.2, 0.25) is 0 Å². The Morgan fingerprint density at radius 1 is 1.28 bits per heavy atom. The summed E-state index contributed by atoms with van der Waals surface area (Å²) in [5.41, 5.74) is 2.89. The van der Waals surface area contributed by atoms with Crippen molar-refractivity contribution in [3.8, 4) is 11.1 Å². The summed E-state index contributed by atoms with van der Waals surface area (Å²) in [7, 11) is 0. The Kier molecular flexibility index (Phi) is 5.09. The van der Waals surface area contributed by atoms with Crippen LogP contribution in [-0.4, -0.2) is 52.7 Å². The number of aromatic nitrogens is 1. The lowest BCUT2D eigenvalue weighted by Gasteiger charge is -2.35. The first kappa shape index (κ1) is 17.1. The van der Waals surface area contributed by atoms with Crippen LogP contribution in [0, 0.1) is 6.92 Å². The van der Waals surface area contributed by atoms with Gasteiger partial charge in [0, 0.05) is 12.7 Å². The third-order valence-electron chi connectivity index (χ3n) is 4.34. The lowest BCUT2D eigenvalue weighted by atomic mass is 9.97. The van der Waals surface area contributed by atoms with Crippen LogP contribution < -0.4 is 0 Å². The number of hydrogen-bond donors (Lipinski definition) is 1. The van der Waals surface area contributed by atoms with Crippen molar-refractivity contribution >= 4 is 11.9 Å². The maximum Gasteiger partial charge on any atom is 0.305 e. The SMILES string of the molecule is Cc1nccc(-c2ccccc2)c1C(=O)N1CCOCC1CC(=O)O. The third-order valence-corrected chi connectivity index (χ3v) is 4.34. The fraction of sp³-hybridized carbons (Fsp3) is 0.316. The molecule has 1 aliphatic heterocycles. The number of carboxylic acid groups (broad SMARTS) is 1. The van der Waals surface area contributed by atoms with Gasteiger partial charge in [-0.2, -0.15) is 0 Å². The molecular weight excluding hydrogens is 320 g/mol. The van der Waals surface area contributed by atoms with Crippen LogP contribution in [-0.2, 0) is 9.53 Å². The zero-order valence-corrected chi connectivity index (χ0v) is 14.0. The van der Waals surface area contributed by atoms with Gasteiger partial charge < -0.3 is 14.7 Å². The minimum absolute atomic E-state index is 0.133. The average Bonchev–Trinajstić information content (AvgIpc) is 2.62. The van der Waals surface area contributed by atoms with E-state index in [-0.39, 0.29) is 18.9 Å². The van der Waals surface area contributed by atoms with E-state index in [9.17, 15) is 9.59 Å². The molecule has 6 heteroatoms. The van der Waals surface area contributed by atoms with Crippen LogP contribution in [0.4, 0.5) is 0 Å². The fourth-order valence-corrected chi connectivity index (χ4v) is 3.13. The molecule has 3 rings (SSSR count). The van der Waals surface area contributed by atoms with Crippen molar-refractivity contribution in [1.82, 2.24) is 9.88 Å². The van der Waals surface area contributed by atoms with E-state index < -0.39 is 12.0 Å². The summed E-state index contributed by atoms with van der Waals surface area (Å²) in [4.78, 5) is 30.2. The van der Waals surface area contributed by atoms with Crippen LogP contribution in [0.25, 0.3) is 11.1 Å². The predicted molar refractivity (Wildman–Crippen MR) is 92.3 cm³/mol. The predicted octanol–water partition coefficient (Wildman–Crippen LogP) is 2.37. The maximum atomic E-state index is 13.2. The van der Waals surface area contributed by atoms with Crippen LogP contribution in [0.3, 0.4) is 0 Å². The van der Waals surface area contributed by atoms with Gasteiger partial charge in [0.2, 0.25) is 0 Å². The van der Waals surface area contributed by atoms with E-state index in [1.54, 1.807) is 18.0 Å². The lowest BCUT2D eigenvalue weighted by Crippen LogP contribution is -2.49. The second-order valence-corrected chi connectivity index (χ2v) is 6.01. The van der Waals surface area contributed by atoms with Gasteiger partial charge in [-0.15, -0.1) is 0 Å². The zero-order chi connectivity index (χ0) is 17.8. The number of ether oxygens (including phenoxy) is 1. The van der Waals surface area contributed by atoms with Gasteiger partial charge in [0.15, 0.2) is 0 Å². The van der Waals surface area contributed by atoms with Crippen LogP contribution in [0.1, 0.15) is 22.5 Å². The van der Waals surface area contributed by atoms with E-state index in [4.69, 9.17) is 9.84 Å². The summed E-state index contributed by atoms with van der Waals surface area (Å²) >= 11 is 0. The third kappa shape index (κ3) is 3.69. The molecule has 1 amide bonds. The monoisotopic (exact) mass is 340 g/mol. The average molecular weight is 340 g/mol. The Morgan fingerprint density at radius 3 is 2.76 bits per heavy atom. The zero-order valence-electron chi connectivity index (χ0n) is 14.0. The second-order valence-electron chi connectivity index (χ2n) is 6.01. The first-order valence-corrected chi connectivity index (χ1v) is 8.19. The highest BCUT2D eigenvalue weighted by molar-refractivity contribution is 6.02. The highest BCUT2D eigenvalue weighted by Crippen LogP contribution is 2.27. The van der Waals surface area contributed by atoms with E-state index >= 15 is 0 Å². The number of benzene rings is 1. The van der Waals surface area contributed by atoms with Gasteiger partial charge in [-0.1, -0.05) is 30.3 Å². The first-order valence-electron chi connectivity index (χ1n) is 8.19. The Balaban J connectivity index is 2.00. The molecule has 1 atom stereocenters. The normalized spacial score (nSPS) is 17.3. The minimum atomic E-state index is -0.945. The van der Waals surface area contributed by atoms with E-state index in [1.807, 2.05) is 36.4 Å². The van der Waals surface area contributed by atoms with Gasteiger partial charge in [-0.25, -0.2) is 0 Å². The van der Waals surface area contributed by atoms with Crippen molar-refractivity contribution in [2.75, 3.05) is 19.8 Å². The molecule has 1 N–H and O–H groups in total. The summed E-state index contributed by atoms with van der Waals surface area (Å²) in [5.74, 6) is -1.14. The number of nitrogens with zero attached hydrogens (tertiary/aromatic N) is 2. The topological polar surface area (TPSA) is 79.7 Å². The lowest BCUT2D eigenvalue weighted by molar-refractivity contribution is -0.139. The van der Waals surface area contributed by atoms with Gasteiger partial charge in [0.1, 0.15) is 0 Å². The molecule has 0 saturated carbocycles. The largest absolute Gasteiger partial charge is 0.481 e. The highest BCUT2D eigenvalue weighted by Gasteiger charge is 2.32. The molecule has 0 aliphatic carbocycles. The van der Waals surface area contributed by atoms with Crippen LogP contribution in [0.5, 0.6) is 0 Å². The first-order chi connectivity index (χ1) is 12.1. The maximum absolute atomic E-state index is 13.2. The molecule has 1 aromatic carbocycles. The Labute approximate surface area is 146 Å². The molecule has 1 saturated heterocycles. The summed E-state index contributed by atoms with van der Waals surface area (Å²) in [5, 5.41) is 9.12. The van der Waals surface area contributed by atoms with E-state index in [0.717, 1.165) is 11.1 Å². The number of amides is 1. The van der Waals surface area contributed by atoms with Gasteiger partial charge in [-0.05, 0) is 24.1 Å². The molecule has 1 fully saturated rings. The Bertz CT molecular complexity index is 776. The van der Waals surface area contributed by atoms with Gasteiger partial charge in [-0.3, -0.25) is 14.6 Å². The number of carbonyl (C=O) groups excluding carboxylic acids is 1. The number of hydrogen-bond acceptors (Lipinski definition) is 4. The smallest absolute Gasteiger partial charge is 0.305 e. The summed E-state index contributed by atoms with van der Waals surface area (Å²) in [6.45, 7) is 2.81. The number of morpholine rings is 1. The molecule has 0 bridgehead atoms. The molecule has 1 unspecified atom stereocenters. The number of carbonyl (C=O) groups is 2. The summed E-state index contributed by atoms with van der Waals surface area (Å²) in [6, 6.07) is 11.0. The molecule has 0 radical (unpaired) electrons. The molecule has 25 heavy (non-hydrogen) atoms. The molecule has 1 aliphatic rings. The Hall–Kier alpha value is -2.73. The van der Waals surface area contributed by atoms with E-state index in [1.165, 1.54) is 0 Å². The van der Waals surface area contributed by atoms with Crippen molar-refractivity contribution in [3.63, 3.8) is 0 Å². The van der Waals surface area contributed by atoms with Crippen LogP contribution >= 0.6 is 0 Å². The number of rotatable bonds is 4. The molecule has 2 heterocycles. The second kappa shape index (κ2) is 7.44. The van der Waals surface area contributed by atoms with Crippen molar-refractivity contribution in [2.45, 2.75) is 19.4 Å². The van der Waals surface area contributed by atoms with E-state index in [2.05, 4.69) is 4.98 Å². The van der Waals surface area contributed by atoms with E-state index in [0.29, 0.717) is 24.4 Å². The number of aryl methyl sites for hydroxylation is 1. The molecule has 0 spiro atoms. The van der Waals surface area contributed by atoms with Crippen molar-refractivity contribution in [1.29, 1.82) is 0 Å². The quantitative estimate of drug-likeness (QED) is 0.924. The summed E-state index contributed by atoms with van der Waals surface area (Å²) < 4.78 is 5.37. The van der Waals surface area contributed by atoms with Crippen LogP contribution in [0.15, 0.2) is 42.6 Å². The highest BCUT2D eigenvalue weighted by atomic mass is 16.5. The van der Waals surface area contributed by atoms with Crippen molar-refractivity contribution < 1.29 is 19.4 Å². The standard InChI is InChI=1S/C19H20N2O4/c1-13-18(16(7-8-20-13)14-5-3-2-4-6-14)19(24)21-9-10-25-12-15(21)11-17(22)23/h2-8,15H,9-12H2,1H3,(H,22,23). The van der Waals surface area contributed by atoms with Gasteiger partial charge in [0.05, 0.1) is 36.9 Å². The van der Waals surface area contributed by atoms with Gasteiger partial charge in [0.25, 0.3) is 5.91 Å². The number of pyridine rings is 1. The summed E-state index contributed by atoms with van der Waals surface area (Å²) in [6.07, 6.45) is 1.55. The fourth-order valence-electron chi connectivity index (χ4n) is 3.13. The van der Waals surface area contributed by atoms with Crippen molar-refractivity contribution in [3.05, 3.63) is 53.9 Å². The minimum Gasteiger partial charge on any atom is -0.481 e. The molecular formula is C19H20N2O4.